The number of carbonyl (C=O) groups is 1. The van der Waals surface area contributed by atoms with Gasteiger partial charge in [0.1, 0.15) is 0 Å². The summed E-state index contributed by atoms with van der Waals surface area (Å²) in [5.41, 5.74) is 2.16. The van der Waals surface area contributed by atoms with Gasteiger partial charge < -0.3 is 5.32 Å². The van der Waals surface area contributed by atoms with E-state index in [1.54, 1.807) is 12.1 Å². The molecule has 1 aromatic heterocycles. The number of amides is 1. The minimum Gasteiger partial charge on any atom is -0.302 e. The van der Waals surface area contributed by atoms with Crippen LogP contribution in [0, 0.1) is 0 Å². The van der Waals surface area contributed by atoms with Gasteiger partial charge in [-0.2, -0.15) is 0 Å². The molecule has 0 aliphatic carbocycles. The molecule has 0 unspecified atom stereocenters. The van der Waals surface area contributed by atoms with Gasteiger partial charge in [0.2, 0.25) is 5.91 Å². The number of nitrogens with zero attached hydrogens (tertiary/aromatic N) is 1. The Morgan fingerprint density at radius 3 is 2.52 bits per heavy atom. The first-order valence-electron chi connectivity index (χ1n) is 7.22. The topological polar surface area (TPSA) is 42.0 Å². The second-order valence-electron chi connectivity index (χ2n) is 5.15. The van der Waals surface area contributed by atoms with Crippen molar-refractivity contribution in [3.63, 3.8) is 0 Å². The third-order valence-corrected chi connectivity index (χ3v) is 4.46. The standard InChI is InChI=1S/C18H15ClN2OS/c19-15-8-6-14(7-9-15)11-17(22)21-18-20-12-16(23-18)10-13-4-2-1-3-5-13/h1-9,12H,10-11H2,(H,20,21,22). The van der Waals surface area contributed by atoms with Crippen molar-refractivity contribution in [3.05, 3.63) is 81.8 Å². The smallest absolute Gasteiger partial charge is 0.230 e. The lowest BCUT2D eigenvalue weighted by Crippen LogP contribution is -2.13. The van der Waals surface area contributed by atoms with Crippen LogP contribution in [-0.4, -0.2) is 10.9 Å². The van der Waals surface area contributed by atoms with Crippen LogP contribution in [0.5, 0.6) is 0 Å². The van der Waals surface area contributed by atoms with E-state index < -0.39 is 0 Å². The van der Waals surface area contributed by atoms with Gasteiger partial charge in [0.25, 0.3) is 0 Å². The molecule has 0 aliphatic heterocycles. The first kappa shape index (κ1) is 15.7. The molecule has 0 atom stereocenters. The number of thiazole rings is 1. The normalized spacial score (nSPS) is 10.5. The van der Waals surface area contributed by atoms with Gasteiger partial charge in [-0.15, -0.1) is 11.3 Å². The lowest BCUT2D eigenvalue weighted by atomic mass is 10.1. The summed E-state index contributed by atoms with van der Waals surface area (Å²) in [7, 11) is 0. The predicted molar refractivity (Wildman–Crippen MR) is 95.1 cm³/mol. The molecule has 3 rings (SSSR count). The van der Waals surface area contributed by atoms with E-state index in [0.29, 0.717) is 16.6 Å². The molecule has 2 aromatic carbocycles. The van der Waals surface area contributed by atoms with Crippen LogP contribution < -0.4 is 5.32 Å². The van der Waals surface area contributed by atoms with Gasteiger partial charge in [-0.25, -0.2) is 4.98 Å². The van der Waals surface area contributed by atoms with Gasteiger partial charge in [-0.3, -0.25) is 4.79 Å². The minimum atomic E-state index is -0.0760. The molecule has 3 nitrogen and oxygen atoms in total. The molecule has 5 heteroatoms. The summed E-state index contributed by atoms with van der Waals surface area (Å²) in [6.45, 7) is 0. The van der Waals surface area contributed by atoms with Crippen LogP contribution in [0.3, 0.4) is 0 Å². The van der Waals surface area contributed by atoms with Crippen molar-refractivity contribution in [1.82, 2.24) is 4.98 Å². The lowest BCUT2D eigenvalue weighted by Gasteiger charge is -2.02. The number of hydrogen-bond acceptors (Lipinski definition) is 3. The van der Waals surface area contributed by atoms with Crippen LogP contribution in [0.1, 0.15) is 16.0 Å². The number of carbonyl (C=O) groups excluding carboxylic acids is 1. The zero-order valence-corrected chi connectivity index (χ0v) is 13.9. The van der Waals surface area contributed by atoms with Crippen LogP contribution in [0.15, 0.2) is 60.8 Å². The fraction of sp³-hybridized carbons (Fsp3) is 0.111. The van der Waals surface area contributed by atoms with Crippen LogP contribution in [0.4, 0.5) is 5.13 Å². The average Bonchev–Trinajstić information content (AvgIpc) is 2.97. The lowest BCUT2D eigenvalue weighted by molar-refractivity contribution is -0.115. The summed E-state index contributed by atoms with van der Waals surface area (Å²) in [6, 6.07) is 17.5. The molecule has 1 heterocycles. The van der Waals surface area contributed by atoms with E-state index in [1.807, 2.05) is 36.5 Å². The van der Waals surface area contributed by atoms with E-state index in [0.717, 1.165) is 16.9 Å². The van der Waals surface area contributed by atoms with Gasteiger partial charge >= 0.3 is 0 Å². The van der Waals surface area contributed by atoms with E-state index in [9.17, 15) is 4.79 Å². The minimum absolute atomic E-state index is 0.0760. The highest BCUT2D eigenvalue weighted by atomic mass is 35.5. The summed E-state index contributed by atoms with van der Waals surface area (Å²) in [5.74, 6) is -0.0760. The highest BCUT2D eigenvalue weighted by molar-refractivity contribution is 7.15. The Labute approximate surface area is 144 Å². The summed E-state index contributed by atoms with van der Waals surface area (Å²) in [4.78, 5) is 17.5. The van der Waals surface area contributed by atoms with Crippen molar-refractivity contribution in [2.75, 3.05) is 5.32 Å². The Hall–Kier alpha value is -2.17. The number of hydrogen-bond donors (Lipinski definition) is 1. The molecule has 3 aromatic rings. The van der Waals surface area contributed by atoms with Crippen molar-refractivity contribution in [2.45, 2.75) is 12.8 Å². The Morgan fingerprint density at radius 1 is 1.04 bits per heavy atom. The van der Waals surface area contributed by atoms with E-state index >= 15 is 0 Å². The maximum Gasteiger partial charge on any atom is 0.230 e. The Kier molecular flexibility index (Phi) is 5.05. The third kappa shape index (κ3) is 4.65. The average molecular weight is 343 g/mol. The predicted octanol–water partition coefficient (Wildman–Crippen LogP) is 4.57. The third-order valence-electron chi connectivity index (χ3n) is 3.30. The molecular weight excluding hydrogens is 328 g/mol. The number of anilines is 1. The Balaban J connectivity index is 1.58. The molecule has 1 N–H and O–H groups in total. The van der Waals surface area contributed by atoms with Crippen LogP contribution in [-0.2, 0) is 17.6 Å². The van der Waals surface area contributed by atoms with Crippen molar-refractivity contribution >= 4 is 34.0 Å². The fourth-order valence-corrected chi connectivity index (χ4v) is 3.18. The number of halogens is 1. The number of benzene rings is 2. The van der Waals surface area contributed by atoms with E-state index in [2.05, 4.69) is 22.4 Å². The molecule has 0 aliphatic rings. The zero-order valence-electron chi connectivity index (χ0n) is 12.3. The van der Waals surface area contributed by atoms with Crippen LogP contribution in [0.25, 0.3) is 0 Å². The number of nitrogens with one attached hydrogen (secondary N) is 1. The van der Waals surface area contributed by atoms with Crippen molar-refractivity contribution in [3.8, 4) is 0 Å². The molecule has 0 bridgehead atoms. The molecule has 0 fully saturated rings. The van der Waals surface area contributed by atoms with Crippen LogP contribution in [0.2, 0.25) is 5.02 Å². The zero-order chi connectivity index (χ0) is 16.1. The summed E-state index contributed by atoms with van der Waals surface area (Å²) in [6.07, 6.45) is 2.95. The van der Waals surface area contributed by atoms with Crippen LogP contribution >= 0.6 is 22.9 Å². The second kappa shape index (κ2) is 7.40. The SMILES string of the molecule is O=C(Cc1ccc(Cl)cc1)Nc1ncc(Cc2ccccc2)s1. The van der Waals surface area contributed by atoms with Gasteiger partial charge in [-0.05, 0) is 23.3 Å². The maximum atomic E-state index is 12.1. The van der Waals surface area contributed by atoms with E-state index in [4.69, 9.17) is 11.6 Å². The van der Waals surface area contributed by atoms with Crippen molar-refractivity contribution in [2.24, 2.45) is 0 Å². The molecule has 0 saturated heterocycles. The van der Waals surface area contributed by atoms with Gasteiger partial charge in [0, 0.05) is 22.5 Å². The summed E-state index contributed by atoms with van der Waals surface area (Å²) >= 11 is 7.34. The Bertz CT molecular complexity index is 784. The monoisotopic (exact) mass is 342 g/mol. The van der Waals surface area contributed by atoms with E-state index in [-0.39, 0.29) is 5.91 Å². The molecule has 1 amide bonds. The molecule has 0 spiro atoms. The fourth-order valence-electron chi connectivity index (χ4n) is 2.20. The van der Waals surface area contributed by atoms with E-state index in [1.165, 1.54) is 16.9 Å². The molecule has 116 valence electrons. The van der Waals surface area contributed by atoms with Gasteiger partial charge in [-0.1, -0.05) is 54.1 Å². The second-order valence-corrected chi connectivity index (χ2v) is 6.70. The molecule has 23 heavy (non-hydrogen) atoms. The first-order valence-corrected chi connectivity index (χ1v) is 8.41. The molecule has 0 saturated carbocycles. The van der Waals surface area contributed by atoms with Gasteiger partial charge in [0.15, 0.2) is 5.13 Å². The maximum absolute atomic E-state index is 12.1. The quantitative estimate of drug-likeness (QED) is 0.738. The number of aromatic nitrogens is 1. The molecule has 0 radical (unpaired) electrons. The summed E-state index contributed by atoms with van der Waals surface area (Å²) in [5, 5.41) is 4.15. The summed E-state index contributed by atoms with van der Waals surface area (Å²) < 4.78 is 0. The highest BCUT2D eigenvalue weighted by Gasteiger charge is 2.08. The van der Waals surface area contributed by atoms with Crippen molar-refractivity contribution in [1.29, 1.82) is 0 Å². The Morgan fingerprint density at radius 2 is 1.78 bits per heavy atom. The van der Waals surface area contributed by atoms with Crippen molar-refractivity contribution < 1.29 is 4.79 Å². The highest BCUT2D eigenvalue weighted by Crippen LogP contribution is 2.21. The largest absolute Gasteiger partial charge is 0.302 e. The first-order chi connectivity index (χ1) is 11.2. The van der Waals surface area contributed by atoms with Gasteiger partial charge in [0.05, 0.1) is 6.42 Å². The number of rotatable bonds is 5. The molecular formula is C18H15ClN2OS.